The van der Waals surface area contributed by atoms with Crippen LogP contribution in [0.5, 0.6) is 0 Å². The maximum Gasteiger partial charge on any atom is 0.255 e. The van der Waals surface area contributed by atoms with Gasteiger partial charge in [-0.05, 0) is 49.4 Å². The van der Waals surface area contributed by atoms with Crippen LogP contribution in [-0.4, -0.2) is 32.5 Å². The Kier molecular flexibility index (Phi) is 5.36. The van der Waals surface area contributed by atoms with E-state index in [0.29, 0.717) is 23.4 Å². The number of carbonyl (C=O) groups is 2. The van der Waals surface area contributed by atoms with Crippen LogP contribution in [0.25, 0.3) is 0 Å². The fourth-order valence-electron chi connectivity index (χ4n) is 2.12. The number of anilines is 2. The number of benzene rings is 2. The van der Waals surface area contributed by atoms with Crippen LogP contribution >= 0.6 is 0 Å². The predicted octanol–water partition coefficient (Wildman–Crippen LogP) is 2.75. The van der Waals surface area contributed by atoms with Crippen LogP contribution in [0.3, 0.4) is 0 Å². The molecular formula is C18H21N3O2. The summed E-state index contributed by atoms with van der Waals surface area (Å²) in [6.45, 7) is 2.43. The molecule has 0 aromatic heterocycles. The summed E-state index contributed by atoms with van der Waals surface area (Å²) in [6, 6.07) is 14.2. The van der Waals surface area contributed by atoms with Gasteiger partial charge in [0.15, 0.2) is 0 Å². The minimum atomic E-state index is -0.205. The Morgan fingerprint density at radius 3 is 2.26 bits per heavy atom. The van der Waals surface area contributed by atoms with Gasteiger partial charge in [0.05, 0.1) is 0 Å². The molecule has 0 aliphatic carbocycles. The molecule has 2 aromatic carbocycles. The lowest BCUT2D eigenvalue weighted by molar-refractivity contribution is 0.0954. The van der Waals surface area contributed by atoms with Crippen molar-refractivity contribution in [2.24, 2.45) is 0 Å². The van der Waals surface area contributed by atoms with E-state index in [1.165, 1.54) is 0 Å². The molecular weight excluding hydrogens is 290 g/mol. The van der Waals surface area contributed by atoms with E-state index in [-0.39, 0.29) is 11.8 Å². The maximum absolute atomic E-state index is 12.3. The first-order valence-electron chi connectivity index (χ1n) is 7.48. The molecule has 5 nitrogen and oxygen atoms in total. The zero-order chi connectivity index (χ0) is 16.8. The Labute approximate surface area is 136 Å². The zero-order valence-corrected chi connectivity index (χ0v) is 13.6. The summed E-state index contributed by atoms with van der Waals surface area (Å²) < 4.78 is 0. The molecule has 2 N–H and O–H groups in total. The molecule has 0 atom stereocenters. The van der Waals surface area contributed by atoms with Crippen molar-refractivity contribution in [1.29, 1.82) is 0 Å². The molecule has 0 saturated carbocycles. The first-order chi connectivity index (χ1) is 11.0. The van der Waals surface area contributed by atoms with E-state index in [0.717, 1.165) is 5.69 Å². The standard InChI is InChI=1S/C18H21N3O2/c1-4-19-17(22)14-6-5-7-15(12-14)20-18(23)13-8-10-16(11-9-13)21(2)3/h5-12H,4H2,1-3H3,(H,19,22)(H,20,23). The molecule has 0 spiro atoms. The lowest BCUT2D eigenvalue weighted by atomic mass is 10.1. The van der Waals surface area contributed by atoms with Gasteiger partial charge in [-0.3, -0.25) is 9.59 Å². The molecule has 2 rings (SSSR count). The van der Waals surface area contributed by atoms with Crippen molar-refractivity contribution in [3.63, 3.8) is 0 Å². The second kappa shape index (κ2) is 7.45. The fraction of sp³-hybridized carbons (Fsp3) is 0.222. The number of amides is 2. The highest BCUT2D eigenvalue weighted by molar-refractivity contribution is 6.05. The van der Waals surface area contributed by atoms with Gasteiger partial charge in [0.25, 0.3) is 11.8 Å². The highest BCUT2D eigenvalue weighted by Crippen LogP contribution is 2.15. The monoisotopic (exact) mass is 311 g/mol. The Morgan fingerprint density at radius 1 is 0.957 bits per heavy atom. The van der Waals surface area contributed by atoms with E-state index in [9.17, 15) is 9.59 Å². The van der Waals surface area contributed by atoms with Gasteiger partial charge in [0.2, 0.25) is 0 Å². The first-order valence-corrected chi connectivity index (χ1v) is 7.48. The minimum absolute atomic E-state index is 0.154. The van der Waals surface area contributed by atoms with Crippen molar-refractivity contribution < 1.29 is 9.59 Å². The van der Waals surface area contributed by atoms with Crippen LogP contribution < -0.4 is 15.5 Å². The third-order valence-electron chi connectivity index (χ3n) is 3.37. The molecule has 0 bridgehead atoms. The van der Waals surface area contributed by atoms with E-state index in [1.807, 2.05) is 38.1 Å². The summed E-state index contributed by atoms with van der Waals surface area (Å²) in [5.74, 6) is -0.359. The smallest absolute Gasteiger partial charge is 0.255 e. The molecule has 2 amide bonds. The fourth-order valence-corrected chi connectivity index (χ4v) is 2.12. The second-order valence-corrected chi connectivity index (χ2v) is 5.34. The summed E-state index contributed by atoms with van der Waals surface area (Å²) in [5, 5.41) is 5.55. The van der Waals surface area contributed by atoms with Crippen LogP contribution in [0.4, 0.5) is 11.4 Å². The van der Waals surface area contributed by atoms with Crippen molar-refractivity contribution in [1.82, 2.24) is 5.32 Å². The van der Waals surface area contributed by atoms with Gasteiger partial charge in [-0.1, -0.05) is 6.07 Å². The second-order valence-electron chi connectivity index (χ2n) is 5.34. The Balaban J connectivity index is 2.10. The summed E-state index contributed by atoms with van der Waals surface area (Å²) in [7, 11) is 3.89. The Hall–Kier alpha value is -2.82. The average Bonchev–Trinajstić information content (AvgIpc) is 2.55. The van der Waals surface area contributed by atoms with E-state index >= 15 is 0 Å². The van der Waals surface area contributed by atoms with Gasteiger partial charge in [0, 0.05) is 43.1 Å². The normalized spacial score (nSPS) is 10.0. The van der Waals surface area contributed by atoms with E-state index < -0.39 is 0 Å². The number of nitrogens with zero attached hydrogens (tertiary/aromatic N) is 1. The summed E-state index contributed by atoms with van der Waals surface area (Å²) >= 11 is 0. The highest BCUT2D eigenvalue weighted by atomic mass is 16.2. The summed E-state index contributed by atoms with van der Waals surface area (Å²) in [5.41, 5.74) is 2.71. The molecule has 0 aliphatic heterocycles. The Morgan fingerprint density at radius 2 is 1.65 bits per heavy atom. The summed E-state index contributed by atoms with van der Waals surface area (Å²) in [4.78, 5) is 26.1. The van der Waals surface area contributed by atoms with Crippen molar-refractivity contribution in [3.8, 4) is 0 Å². The van der Waals surface area contributed by atoms with Crippen molar-refractivity contribution in [3.05, 3.63) is 59.7 Å². The van der Waals surface area contributed by atoms with Gasteiger partial charge in [-0.25, -0.2) is 0 Å². The molecule has 5 heteroatoms. The van der Waals surface area contributed by atoms with Gasteiger partial charge in [0.1, 0.15) is 0 Å². The molecule has 0 aliphatic rings. The van der Waals surface area contributed by atoms with Gasteiger partial charge >= 0.3 is 0 Å². The number of rotatable bonds is 5. The zero-order valence-electron chi connectivity index (χ0n) is 13.6. The predicted molar refractivity (Wildman–Crippen MR) is 93.2 cm³/mol. The topological polar surface area (TPSA) is 61.4 Å². The van der Waals surface area contributed by atoms with Crippen molar-refractivity contribution >= 4 is 23.2 Å². The van der Waals surface area contributed by atoms with Crippen LogP contribution in [0.1, 0.15) is 27.6 Å². The third-order valence-corrected chi connectivity index (χ3v) is 3.37. The summed E-state index contributed by atoms with van der Waals surface area (Å²) in [6.07, 6.45) is 0. The van der Waals surface area contributed by atoms with Crippen molar-refractivity contribution in [2.45, 2.75) is 6.92 Å². The van der Waals surface area contributed by atoms with E-state index in [1.54, 1.807) is 36.4 Å². The molecule has 0 fully saturated rings. The lowest BCUT2D eigenvalue weighted by Gasteiger charge is -2.13. The number of nitrogens with one attached hydrogen (secondary N) is 2. The number of hydrogen-bond donors (Lipinski definition) is 2. The third kappa shape index (κ3) is 4.32. The van der Waals surface area contributed by atoms with E-state index in [2.05, 4.69) is 10.6 Å². The minimum Gasteiger partial charge on any atom is -0.378 e. The molecule has 2 aromatic rings. The highest BCUT2D eigenvalue weighted by Gasteiger charge is 2.09. The van der Waals surface area contributed by atoms with Crippen LogP contribution in [-0.2, 0) is 0 Å². The quantitative estimate of drug-likeness (QED) is 0.892. The average molecular weight is 311 g/mol. The van der Waals surface area contributed by atoms with Crippen LogP contribution in [0.15, 0.2) is 48.5 Å². The first kappa shape index (κ1) is 16.5. The maximum atomic E-state index is 12.3. The van der Waals surface area contributed by atoms with Crippen molar-refractivity contribution in [2.75, 3.05) is 30.9 Å². The SMILES string of the molecule is CCNC(=O)c1cccc(NC(=O)c2ccc(N(C)C)cc2)c1. The molecule has 0 heterocycles. The van der Waals surface area contributed by atoms with Gasteiger partial charge < -0.3 is 15.5 Å². The molecule has 0 unspecified atom stereocenters. The van der Waals surface area contributed by atoms with Gasteiger partial charge in [-0.2, -0.15) is 0 Å². The van der Waals surface area contributed by atoms with E-state index in [4.69, 9.17) is 0 Å². The molecule has 120 valence electrons. The lowest BCUT2D eigenvalue weighted by Crippen LogP contribution is -2.22. The molecule has 0 saturated heterocycles. The van der Waals surface area contributed by atoms with Crippen LogP contribution in [0.2, 0.25) is 0 Å². The largest absolute Gasteiger partial charge is 0.378 e. The molecule has 0 radical (unpaired) electrons. The molecule has 23 heavy (non-hydrogen) atoms. The van der Waals surface area contributed by atoms with Gasteiger partial charge in [-0.15, -0.1) is 0 Å². The number of carbonyl (C=O) groups excluding carboxylic acids is 2. The number of hydrogen-bond acceptors (Lipinski definition) is 3. The Bertz CT molecular complexity index is 694. The van der Waals surface area contributed by atoms with Crippen LogP contribution in [0, 0.1) is 0 Å².